The summed E-state index contributed by atoms with van der Waals surface area (Å²) in [6.45, 7) is 1.54. The van der Waals surface area contributed by atoms with Crippen LogP contribution in [0.1, 0.15) is 34.8 Å². The summed E-state index contributed by atoms with van der Waals surface area (Å²) in [6, 6.07) is 5.17. The van der Waals surface area contributed by atoms with Crippen molar-refractivity contribution in [2.45, 2.75) is 18.8 Å². The third-order valence-electron chi connectivity index (χ3n) is 5.44. The van der Waals surface area contributed by atoms with Gasteiger partial charge in [-0.2, -0.15) is 5.10 Å². The minimum absolute atomic E-state index is 0.0536. The maximum absolute atomic E-state index is 12.5. The van der Waals surface area contributed by atoms with E-state index in [1.807, 2.05) is 12.1 Å². The van der Waals surface area contributed by atoms with Crippen molar-refractivity contribution in [1.82, 2.24) is 20.1 Å². The van der Waals surface area contributed by atoms with Gasteiger partial charge in [-0.15, -0.1) is 0 Å². The SMILES string of the molecule is CN(C)C(=O)c1cn[nH]c1C1CCCN(c2ccc([N+](=O)[O-])c3cnccc23)C1. The second-order valence-electron chi connectivity index (χ2n) is 7.46. The number of rotatable bonds is 4. The van der Waals surface area contributed by atoms with Gasteiger partial charge in [0, 0.05) is 62.6 Å². The normalized spacial score (nSPS) is 16.8. The number of non-ortho nitro benzene ring substituents is 1. The van der Waals surface area contributed by atoms with E-state index in [-0.39, 0.29) is 22.4 Å². The highest BCUT2D eigenvalue weighted by molar-refractivity contribution is 5.99. The van der Waals surface area contributed by atoms with Gasteiger partial charge < -0.3 is 9.80 Å². The molecule has 1 aliphatic heterocycles. The van der Waals surface area contributed by atoms with Crippen molar-refractivity contribution in [3.63, 3.8) is 0 Å². The first-order valence-corrected chi connectivity index (χ1v) is 9.48. The highest BCUT2D eigenvalue weighted by Gasteiger charge is 2.29. The lowest BCUT2D eigenvalue weighted by Crippen LogP contribution is -2.35. The Morgan fingerprint density at radius 2 is 2.10 bits per heavy atom. The van der Waals surface area contributed by atoms with Gasteiger partial charge in [-0.25, -0.2) is 0 Å². The summed E-state index contributed by atoms with van der Waals surface area (Å²) in [5.41, 5.74) is 2.44. The van der Waals surface area contributed by atoms with E-state index in [0.717, 1.165) is 36.2 Å². The molecule has 1 fully saturated rings. The molecule has 0 aliphatic carbocycles. The van der Waals surface area contributed by atoms with Gasteiger partial charge in [0.15, 0.2) is 0 Å². The lowest BCUT2D eigenvalue weighted by atomic mass is 9.91. The van der Waals surface area contributed by atoms with Gasteiger partial charge in [-0.1, -0.05) is 0 Å². The minimum Gasteiger partial charge on any atom is -0.370 e. The molecule has 1 N–H and O–H groups in total. The number of benzene rings is 1. The zero-order valence-corrected chi connectivity index (χ0v) is 16.3. The fraction of sp³-hybridized carbons (Fsp3) is 0.350. The number of aromatic amines is 1. The van der Waals surface area contributed by atoms with E-state index < -0.39 is 0 Å². The van der Waals surface area contributed by atoms with E-state index in [0.29, 0.717) is 17.5 Å². The van der Waals surface area contributed by atoms with Crippen LogP contribution in [-0.2, 0) is 0 Å². The van der Waals surface area contributed by atoms with E-state index in [4.69, 9.17) is 0 Å². The molecule has 1 atom stereocenters. The maximum atomic E-state index is 12.5. The number of hydrogen-bond acceptors (Lipinski definition) is 6. The summed E-state index contributed by atoms with van der Waals surface area (Å²) in [6.07, 6.45) is 6.67. The van der Waals surface area contributed by atoms with Gasteiger partial charge in [0.1, 0.15) is 0 Å². The zero-order chi connectivity index (χ0) is 20.5. The fourth-order valence-corrected chi connectivity index (χ4v) is 4.04. The molecule has 150 valence electrons. The number of carbonyl (C=O) groups is 1. The summed E-state index contributed by atoms with van der Waals surface area (Å²) < 4.78 is 0. The van der Waals surface area contributed by atoms with E-state index in [1.54, 1.807) is 43.7 Å². The number of anilines is 1. The number of fused-ring (bicyclic) bond motifs is 1. The van der Waals surface area contributed by atoms with Crippen molar-refractivity contribution in [3.8, 4) is 0 Å². The molecule has 3 aromatic rings. The highest BCUT2D eigenvalue weighted by Crippen LogP contribution is 2.37. The predicted molar refractivity (Wildman–Crippen MR) is 109 cm³/mol. The Labute approximate surface area is 167 Å². The second kappa shape index (κ2) is 7.50. The van der Waals surface area contributed by atoms with Crippen LogP contribution in [0.2, 0.25) is 0 Å². The topological polar surface area (TPSA) is 108 Å². The molecule has 3 heterocycles. The summed E-state index contributed by atoms with van der Waals surface area (Å²) in [5, 5.41) is 19.8. The van der Waals surface area contributed by atoms with E-state index in [2.05, 4.69) is 20.1 Å². The molecule has 0 spiro atoms. The summed E-state index contributed by atoms with van der Waals surface area (Å²) in [4.78, 5) is 31.3. The molecule has 1 aliphatic rings. The molecule has 0 radical (unpaired) electrons. The molecule has 9 heteroatoms. The third kappa shape index (κ3) is 3.39. The van der Waals surface area contributed by atoms with Crippen molar-refractivity contribution in [2.24, 2.45) is 0 Å². The maximum Gasteiger partial charge on any atom is 0.278 e. The van der Waals surface area contributed by atoms with Gasteiger partial charge in [0.25, 0.3) is 11.6 Å². The number of piperidine rings is 1. The first kappa shape index (κ1) is 18.9. The first-order valence-electron chi connectivity index (χ1n) is 9.48. The Morgan fingerprint density at radius 1 is 1.28 bits per heavy atom. The molecule has 2 aromatic heterocycles. The van der Waals surface area contributed by atoms with Gasteiger partial charge in [-0.3, -0.25) is 25.0 Å². The third-order valence-corrected chi connectivity index (χ3v) is 5.44. The van der Waals surface area contributed by atoms with Crippen molar-refractivity contribution >= 4 is 28.1 Å². The molecule has 1 aromatic carbocycles. The van der Waals surface area contributed by atoms with E-state index in [1.165, 1.54) is 0 Å². The molecule has 1 saturated heterocycles. The van der Waals surface area contributed by atoms with Gasteiger partial charge in [0.05, 0.1) is 27.8 Å². The molecule has 4 rings (SSSR count). The smallest absolute Gasteiger partial charge is 0.278 e. The standard InChI is InChI=1S/C20H22N6O3/c1-24(2)20(27)16-11-22-23-19(16)13-4-3-9-25(12-13)17-5-6-18(26(28)29)15-10-21-8-7-14(15)17/h5-8,10-11,13H,3-4,9,12H2,1-2H3,(H,22,23). The minimum atomic E-state index is -0.378. The van der Waals surface area contributed by atoms with Crippen LogP contribution in [0, 0.1) is 10.1 Å². The quantitative estimate of drug-likeness (QED) is 0.538. The van der Waals surface area contributed by atoms with E-state index in [9.17, 15) is 14.9 Å². The van der Waals surface area contributed by atoms with Gasteiger partial charge in [-0.05, 0) is 25.0 Å². The van der Waals surface area contributed by atoms with Crippen LogP contribution < -0.4 is 4.90 Å². The second-order valence-corrected chi connectivity index (χ2v) is 7.46. The number of amides is 1. The number of hydrogen-bond donors (Lipinski definition) is 1. The summed E-state index contributed by atoms with van der Waals surface area (Å²) >= 11 is 0. The monoisotopic (exact) mass is 394 g/mol. The Bertz CT molecular complexity index is 1080. The molecule has 29 heavy (non-hydrogen) atoms. The zero-order valence-electron chi connectivity index (χ0n) is 16.3. The molecule has 1 amide bonds. The van der Waals surface area contributed by atoms with E-state index >= 15 is 0 Å². The van der Waals surface area contributed by atoms with Crippen LogP contribution >= 0.6 is 0 Å². The number of nitro groups is 1. The average Bonchev–Trinajstić information content (AvgIpc) is 3.22. The molecule has 9 nitrogen and oxygen atoms in total. The van der Waals surface area contributed by atoms with Crippen molar-refractivity contribution < 1.29 is 9.72 Å². The molecular formula is C20H22N6O3. The lowest BCUT2D eigenvalue weighted by Gasteiger charge is -2.35. The highest BCUT2D eigenvalue weighted by atomic mass is 16.6. The Kier molecular flexibility index (Phi) is 4.87. The largest absolute Gasteiger partial charge is 0.370 e. The summed E-state index contributed by atoms with van der Waals surface area (Å²) in [5.74, 6) is 0.0509. The lowest BCUT2D eigenvalue weighted by molar-refractivity contribution is -0.383. The molecular weight excluding hydrogens is 372 g/mol. The van der Waals surface area contributed by atoms with Crippen LogP contribution in [0.15, 0.2) is 36.8 Å². The van der Waals surface area contributed by atoms with Crippen molar-refractivity contribution in [2.75, 3.05) is 32.1 Å². The van der Waals surface area contributed by atoms with Crippen LogP contribution in [-0.4, -0.2) is 58.1 Å². The molecule has 1 unspecified atom stereocenters. The number of nitrogens with zero attached hydrogens (tertiary/aromatic N) is 5. The van der Waals surface area contributed by atoms with Crippen LogP contribution in [0.4, 0.5) is 11.4 Å². The van der Waals surface area contributed by atoms with Crippen LogP contribution in [0.3, 0.4) is 0 Å². The first-order chi connectivity index (χ1) is 14.0. The molecule has 0 bridgehead atoms. The Hall–Kier alpha value is -3.49. The van der Waals surface area contributed by atoms with Gasteiger partial charge >= 0.3 is 0 Å². The Balaban J connectivity index is 1.69. The molecule has 0 saturated carbocycles. The number of pyridine rings is 1. The number of nitro benzene ring substituents is 1. The van der Waals surface area contributed by atoms with Crippen molar-refractivity contribution in [3.05, 3.63) is 58.2 Å². The fourth-order valence-electron chi connectivity index (χ4n) is 4.04. The Morgan fingerprint density at radius 3 is 2.86 bits per heavy atom. The van der Waals surface area contributed by atoms with Gasteiger partial charge in [0.2, 0.25) is 0 Å². The number of H-pyrrole nitrogens is 1. The predicted octanol–water partition coefficient (Wildman–Crippen LogP) is 2.95. The number of carbonyl (C=O) groups excluding carboxylic acids is 1. The van der Waals surface area contributed by atoms with Crippen LogP contribution in [0.25, 0.3) is 10.8 Å². The number of aromatic nitrogens is 3. The number of nitrogens with one attached hydrogen (secondary N) is 1. The average molecular weight is 394 g/mol. The van der Waals surface area contributed by atoms with Crippen molar-refractivity contribution in [1.29, 1.82) is 0 Å². The van der Waals surface area contributed by atoms with Crippen LogP contribution in [0.5, 0.6) is 0 Å². The summed E-state index contributed by atoms with van der Waals surface area (Å²) in [7, 11) is 3.45.